The number of aromatic hydroxyl groups is 1. The molecule has 4 rings (SSSR count). The SMILES string of the molecule is Cc1ncsc1-c1ccc(CNC(=O)[C@@H]2C[C@@H](O)CN2C(=O)[C@@H](N(C=O)C2(F)CC2)C(C)(C)C)c(O)c1. The van der Waals surface area contributed by atoms with Crippen molar-refractivity contribution in [2.45, 2.75) is 77.5 Å². The molecule has 0 radical (unpaired) electrons. The van der Waals surface area contributed by atoms with Crippen molar-refractivity contribution in [1.82, 2.24) is 20.1 Å². The summed E-state index contributed by atoms with van der Waals surface area (Å²) < 4.78 is 15.0. The smallest absolute Gasteiger partial charge is 0.246 e. The number of aliphatic hydroxyl groups excluding tert-OH is 1. The molecule has 3 N–H and O–H groups in total. The van der Waals surface area contributed by atoms with E-state index in [1.807, 2.05) is 13.0 Å². The van der Waals surface area contributed by atoms with Crippen LogP contribution in [0, 0.1) is 12.3 Å². The van der Waals surface area contributed by atoms with Crippen molar-refractivity contribution >= 4 is 29.6 Å². The van der Waals surface area contributed by atoms with E-state index in [9.17, 15) is 29.0 Å². The monoisotopic (exact) mass is 532 g/mol. The van der Waals surface area contributed by atoms with E-state index in [4.69, 9.17) is 0 Å². The summed E-state index contributed by atoms with van der Waals surface area (Å²) in [6.07, 6.45) is -0.235. The zero-order valence-corrected chi connectivity index (χ0v) is 22.2. The topological polar surface area (TPSA) is 123 Å². The van der Waals surface area contributed by atoms with Gasteiger partial charge in [0, 0.05) is 37.9 Å². The van der Waals surface area contributed by atoms with Gasteiger partial charge in [-0.2, -0.15) is 0 Å². The Kier molecular flexibility index (Phi) is 7.31. The number of thiazole rings is 1. The van der Waals surface area contributed by atoms with Gasteiger partial charge in [-0.25, -0.2) is 9.37 Å². The van der Waals surface area contributed by atoms with E-state index in [-0.39, 0.29) is 38.1 Å². The number of aromatic nitrogens is 1. The molecule has 1 aliphatic carbocycles. The van der Waals surface area contributed by atoms with Crippen LogP contribution < -0.4 is 5.32 Å². The summed E-state index contributed by atoms with van der Waals surface area (Å²) in [4.78, 5) is 46.0. The average Bonchev–Trinajstić information content (AvgIpc) is 3.22. The van der Waals surface area contributed by atoms with Crippen LogP contribution >= 0.6 is 11.3 Å². The van der Waals surface area contributed by atoms with E-state index in [0.29, 0.717) is 12.0 Å². The summed E-state index contributed by atoms with van der Waals surface area (Å²) in [5.74, 6) is -2.94. The Morgan fingerprint density at radius 3 is 2.62 bits per heavy atom. The zero-order valence-electron chi connectivity index (χ0n) is 21.4. The van der Waals surface area contributed by atoms with Gasteiger partial charge in [0.15, 0.2) is 5.79 Å². The van der Waals surface area contributed by atoms with Gasteiger partial charge in [-0.3, -0.25) is 19.3 Å². The molecule has 1 aromatic carbocycles. The number of aryl methyl sites for hydroxylation is 1. The van der Waals surface area contributed by atoms with Crippen molar-refractivity contribution in [3.63, 3.8) is 0 Å². The highest BCUT2D eigenvalue weighted by molar-refractivity contribution is 7.13. The summed E-state index contributed by atoms with van der Waals surface area (Å²) in [7, 11) is 0. The fourth-order valence-corrected chi connectivity index (χ4v) is 5.65. The highest BCUT2D eigenvalue weighted by Gasteiger charge is 2.56. The Balaban J connectivity index is 1.49. The van der Waals surface area contributed by atoms with Crippen molar-refractivity contribution in [1.29, 1.82) is 0 Å². The maximum atomic E-state index is 15.0. The lowest BCUT2D eigenvalue weighted by atomic mass is 9.84. The quantitative estimate of drug-likeness (QED) is 0.355. The molecule has 2 fully saturated rings. The maximum absolute atomic E-state index is 15.0. The fraction of sp³-hybridized carbons (Fsp3) is 0.538. The number of likely N-dealkylation sites (tertiary alicyclic amines) is 1. The number of β-amino-alcohol motifs (C(OH)–C–C–N with tert-alkyl or cyclic N) is 1. The molecule has 2 aliphatic rings. The van der Waals surface area contributed by atoms with Crippen LogP contribution in [-0.4, -0.2) is 73.7 Å². The minimum Gasteiger partial charge on any atom is -0.508 e. The summed E-state index contributed by atoms with van der Waals surface area (Å²) in [5.41, 5.74) is 3.09. The lowest BCUT2D eigenvalue weighted by Gasteiger charge is -2.41. The Labute approximate surface area is 219 Å². The van der Waals surface area contributed by atoms with E-state index in [0.717, 1.165) is 21.0 Å². The molecule has 1 aromatic heterocycles. The number of rotatable bonds is 8. The van der Waals surface area contributed by atoms with Gasteiger partial charge >= 0.3 is 0 Å². The molecule has 2 aromatic rings. The molecule has 0 unspecified atom stereocenters. The third-order valence-electron chi connectivity index (χ3n) is 6.98. The number of hydrogen-bond donors (Lipinski definition) is 3. The first-order chi connectivity index (χ1) is 17.4. The molecule has 3 amide bonds. The van der Waals surface area contributed by atoms with Crippen LogP contribution in [0.5, 0.6) is 5.75 Å². The number of hydrogen-bond acceptors (Lipinski definition) is 7. The van der Waals surface area contributed by atoms with Gasteiger partial charge in [0.1, 0.15) is 17.8 Å². The molecule has 3 atom stereocenters. The number of aliphatic hydroxyl groups is 1. The summed E-state index contributed by atoms with van der Waals surface area (Å²) in [5, 5.41) is 23.6. The van der Waals surface area contributed by atoms with Crippen LogP contribution in [0.15, 0.2) is 23.7 Å². The summed E-state index contributed by atoms with van der Waals surface area (Å²) >= 11 is 1.47. The van der Waals surface area contributed by atoms with Crippen LogP contribution in [0.25, 0.3) is 10.4 Å². The van der Waals surface area contributed by atoms with Crippen molar-refractivity contribution in [3.05, 3.63) is 35.0 Å². The van der Waals surface area contributed by atoms with E-state index in [2.05, 4.69) is 10.3 Å². The second-order valence-electron chi connectivity index (χ2n) is 10.9. The van der Waals surface area contributed by atoms with E-state index in [1.165, 1.54) is 16.2 Å². The first kappa shape index (κ1) is 27.0. The minimum atomic E-state index is -1.87. The van der Waals surface area contributed by atoms with Crippen molar-refractivity contribution in [3.8, 4) is 16.2 Å². The van der Waals surface area contributed by atoms with E-state index in [1.54, 1.807) is 38.4 Å². The summed E-state index contributed by atoms with van der Waals surface area (Å²) in [6, 6.07) is 3.04. The van der Waals surface area contributed by atoms with Crippen molar-refractivity contribution < 1.29 is 29.0 Å². The molecule has 11 heteroatoms. The molecule has 1 saturated carbocycles. The summed E-state index contributed by atoms with van der Waals surface area (Å²) in [6.45, 7) is 7.01. The molecule has 200 valence electrons. The number of benzene rings is 1. The van der Waals surface area contributed by atoms with Gasteiger partial charge < -0.3 is 20.4 Å². The van der Waals surface area contributed by atoms with Crippen LogP contribution in [0.1, 0.15) is 51.3 Å². The Morgan fingerprint density at radius 1 is 1.38 bits per heavy atom. The standard InChI is InChI=1S/C26H33FN4O5S/c1-15-21(37-13-29-15)16-5-6-17(20(34)9-16)11-28-23(35)19-10-18(33)12-30(19)24(36)22(25(2,3)4)31(14-32)26(27)7-8-26/h5-6,9,13-14,18-19,22,33-34H,7-8,10-12H2,1-4H3,(H,28,35)/t18-,19+,22-/m1/s1. The fourth-order valence-electron chi connectivity index (χ4n) is 4.85. The molecule has 1 aliphatic heterocycles. The number of amides is 3. The number of nitrogens with zero attached hydrogens (tertiary/aromatic N) is 3. The van der Waals surface area contributed by atoms with Gasteiger partial charge in [-0.05, 0) is 24.0 Å². The Morgan fingerprint density at radius 2 is 2.08 bits per heavy atom. The van der Waals surface area contributed by atoms with Gasteiger partial charge in [-0.15, -0.1) is 11.3 Å². The zero-order chi connectivity index (χ0) is 27.1. The lowest BCUT2D eigenvalue weighted by Crippen LogP contribution is -2.59. The van der Waals surface area contributed by atoms with Gasteiger partial charge in [0.2, 0.25) is 18.2 Å². The molecule has 0 bridgehead atoms. The number of carbonyl (C=O) groups is 3. The second kappa shape index (κ2) is 10.0. The van der Waals surface area contributed by atoms with Crippen LogP contribution in [-0.2, 0) is 20.9 Å². The highest BCUT2D eigenvalue weighted by atomic mass is 32.1. The predicted molar refractivity (Wildman–Crippen MR) is 136 cm³/mol. The number of carbonyl (C=O) groups excluding carboxylic acids is 3. The van der Waals surface area contributed by atoms with Crippen molar-refractivity contribution in [2.24, 2.45) is 5.41 Å². The first-order valence-corrected chi connectivity index (χ1v) is 13.1. The largest absolute Gasteiger partial charge is 0.508 e. The molecule has 37 heavy (non-hydrogen) atoms. The second-order valence-corrected chi connectivity index (χ2v) is 11.8. The highest BCUT2D eigenvalue weighted by Crippen LogP contribution is 2.46. The third kappa shape index (κ3) is 5.47. The normalized spacial score (nSPS) is 21.4. The van der Waals surface area contributed by atoms with Gasteiger partial charge in [0.25, 0.3) is 0 Å². The number of nitrogens with one attached hydrogen (secondary N) is 1. The van der Waals surface area contributed by atoms with Gasteiger partial charge in [0.05, 0.1) is 22.2 Å². The lowest BCUT2D eigenvalue weighted by molar-refractivity contribution is -0.155. The van der Waals surface area contributed by atoms with Gasteiger partial charge in [-0.1, -0.05) is 32.9 Å². The van der Waals surface area contributed by atoms with Crippen LogP contribution in [0.2, 0.25) is 0 Å². The number of phenols is 1. The molecular formula is C26H33FN4O5S. The number of alkyl halides is 1. The Bertz CT molecular complexity index is 1190. The van der Waals surface area contributed by atoms with E-state index >= 15 is 0 Å². The molecule has 9 nitrogen and oxygen atoms in total. The molecule has 2 heterocycles. The molecule has 1 saturated heterocycles. The number of halogens is 1. The minimum absolute atomic E-state index is 0.0112. The van der Waals surface area contributed by atoms with Crippen LogP contribution in [0.4, 0.5) is 4.39 Å². The van der Waals surface area contributed by atoms with Crippen LogP contribution in [0.3, 0.4) is 0 Å². The van der Waals surface area contributed by atoms with E-state index < -0.39 is 41.2 Å². The molecular weight excluding hydrogens is 499 g/mol. The first-order valence-electron chi connectivity index (χ1n) is 12.3. The average molecular weight is 533 g/mol. The Hall–Kier alpha value is -3.05. The third-order valence-corrected chi connectivity index (χ3v) is 7.96. The maximum Gasteiger partial charge on any atom is 0.246 e. The predicted octanol–water partition coefficient (Wildman–Crippen LogP) is 2.73. The molecule has 0 spiro atoms. The van der Waals surface area contributed by atoms with Crippen molar-refractivity contribution in [2.75, 3.05) is 6.54 Å². The number of phenolic OH excluding ortho intramolecular Hbond substituents is 1.